The molecule has 1 unspecified atom stereocenters. The van der Waals surface area contributed by atoms with E-state index in [1.807, 2.05) is 11.8 Å². The predicted octanol–water partition coefficient (Wildman–Crippen LogP) is 2.77. The summed E-state index contributed by atoms with van der Waals surface area (Å²) in [6.07, 6.45) is -3.79. The fourth-order valence-electron chi connectivity index (χ4n) is 2.35. The molecule has 0 amide bonds. The molecule has 1 aromatic rings. The molecule has 0 saturated carbocycles. The summed E-state index contributed by atoms with van der Waals surface area (Å²) < 4.78 is 41.4. The molecule has 1 N–H and O–H groups in total. The van der Waals surface area contributed by atoms with Crippen LogP contribution in [-0.2, 0) is 0 Å². The average molecular weight is 274 g/mol. The summed E-state index contributed by atoms with van der Waals surface area (Å²) in [6, 6.07) is 6.50. The summed E-state index contributed by atoms with van der Waals surface area (Å²) in [7, 11) is 0. The molecular formula is C13H17F3N2O. The summed E-state index contributed by atoms with van der Waals surface area (Å²) in [4.78, 5) is 1.98. The van der Waals surface area contributed by atoms with Gasteiger partial charge in [0.1, 0.15) is 0 Å². The molecule has 6 heteroatoms. The quantitative estimate of drug-likeness (QED) is 0.917. The molecule has 1 fully saturated rings. The maximum atomic E-state index is 12.4. The van der Waals surface area contributed by atoms with Crippen molar-refractivity contribution in [1.29, 1.82) is 0 Å². The summed E-state index contributed by atoms with van der Waals surface area (Å²) in [5.41, 5.74) is 0.508. The first kappa shape index (κ1) is 14.0. The van der Waals surface area contributed by atoms with Crippen LogP contribution < -0.4 is 15.0 Å². The Morgan fingerprint density at radius 2 is 2.11 bits per heavy atom. The number of nitrogens with zero attached hydrogens (tertiary/aromatic N) is 1. The highest BCUT2D eigenvalue weighted by Gasteiger charge is 2.33. The van der Waals surface area contributed by atoms with Gasteiger partial charge < -0.3 is 15.0 Å². The molecule has 1 aliphatic heterocycles. The van der Waals surface area contributed by atoms with Crippen LogP contribution in [0.25, 0.3) is 0 Å². The molecule has 1 aromatic carbocycles. The Hall–Kier alpha value is -1.43. The second-order valence-electron chi connectivity index (χ2n) is 4.48. The third-order valence-electron chi connectivity index (χ3n) is 3.22. The normalized spacial score (nSPS) is 20.4. The first-order chi connectivity index (χ1) is 9.01. The van der Waals surface area contributed by atoms with E-state index in [9.17, 15) is 13.2 Å². The van der Waals surface area contributed by atoms with Crippen molar-refractivity contribution in [1.82, 2.24) is 5.32 Å². The number of para-hydroxylation sites is 2. The Labute approximate surface area is 110 Å². The molecule has 2 rings (SSSR count). The predicted molar refractivity (Wildman–Crippen MR) is 67.4 cm³/mol. The van der Waals surface area contributed by atoms with Gasteiger partial charge >= 0.3 is 6.36 Å². The van der Waals surface area contributed by atoms with Gasteiger partial charge in [-0.05, 0) is 18.6 Å². The first-order valence-electron chi connectivity index (χ1n) is 6.33. The molecule has 0 aliphatic carbocycles. The van der Waals surface area contributed by atoms with Crippen LogP contribution in [0.1, 0.15) is 13.3 Å². The van der Waals surface area contributed by atoms with Crippen molar-refractivity contribution in [3.05, 3.63) is 24.3 Å². The molecule has 0 radical (unpaired) electrons. The zero-order valence-corrected chi connectivity index (χ0v) is 10.7. The van der Waals surface area contributed by atoms with E-state index in [-0.39, 0.29) is 11.8 Å². The van der Waals surface area contributed by atoms with Gasteiger partial charge in [-0.25, -0.2) is 0 Å². The molecule has 1 atom stereocenters. The van der Waals surface area contributed by atoms with Gasteiger partial charge in [0.05, 0.1) is 5.69 Å². The lowest BCUT2D eigenvalue weighted by molar-refractivity contribution is -0.274. The van der Waals surface area contributed by atoms with E-state index < -0.39 is 6.36 Å². The maximum absolute atomic E-state index is 12.4. The molecule has 106 valence electrons. The number of ether oxygens (including phenoxy) is 1. The third-order valence-corrected chi connectivity index (χ3v) is 3.22. The highest BCUT2D eigenvalue weighted by molar-refractivity contribution is 5.59. The van der Waals surface area contributed by atoms with E-state index in [0.717, 1.165) is 19.5 Å². The second-order valence-corrected chi connectivity index (χ2v) is 4.48. The lowest BCUT2D eigenvalue weighted by atomic mass is 10.1. The van der Waals surface area contributed by atoms with Crippen molar-refractivity contribution in [2.24, 2.45) is 0 Å². The second kappa shape index (κ2) is 5.69. The molecule has 3 nitrogen and oxygen atoms in total. The summed E-state index contributed by atoms with van der Waals surface area (Å²) >= 11 is 0. The minimum Gasteiger partial charge on any atom is -0.404 e. The van der Waals surface area contributed by atoms with Crippen molar-refractivity contribution >= 4 is 5.69 Å². The fourth-order valence-corrected chi connectivity index (χ4v) is 2.35. The van der Waals surface area contributed by atoms with Crippen molar-refractivity contribution < 1.29 is 17.9 Å². The Balaban J connectivity index is 2.27. The van der Waals surface area contributed by atoms with E-state index >= 15 is 0 Å². The number of halogens is 3. The molecule has 0 aromatic heterocycles. The van der Waals surface area contributed by atoms with Gasteiger partial charge in [0.2, 0.25) is 0 Å². The highest BCUT2D eigenvalue weighted by atomic mass is 19.4. The molecule has 19 heavy (non-hydrogen) atoms. The van der Waals surface area contributed by atoms with Gasteiger partial charge in [0.15, 0.2) is 5.75 Å². The van der Waals surface area contributed by atoms with E-state index in [2.05, 4.69) is 10.1 Å². The highest BCUT2D eigenvalue weighted by Crippen LogP contribution is 2.34. The Morgan fingerprint density at radius 3 is 2.79 bits per heavy atom. The van der Waals surface area contributed by atoms with Crippen LogP contribution in [-0.4, -0.2) is 32.0 Å². The molecule has 0 bridgehead atoms. The van der Waals surface area contributed by atoms with Gasteiger partial charge in [-0.1, -0.05) is 19.1 Å². The topological polar surface area (TPSA) is 24.5 Å². The lowest BCUT2D eigenvalue weighted by Crippen LogP contribution is -2.51. The van der Waals surface area contributed by atoms with E-state index in [1.165, 1.54) is 6.07 Å². The molecule has 1 heterocycles. The zero-order chi connectivity index (χ0) is 13.9. The summed E-state index contributed by atoms with van der Waals surface area (Å²) in [6.45, 7) is 4.24. The van der Waals surface area contributed by atoms with Gasteiger partial charge in [-0.2, -0.15) is 0 Å². The van der Waals surface area contributed by atoms with Gasteiger partial charge in [0.25, 0.3) is 0 Å². The number of benzene rings is 1. The van der Waals surface area contributed by atoms with Crippen LogP contribution in [0.3, 0.4) is 0 Å². The van der Waals surface area contributed by atoms with Crippen LogP contribution >= 0.6 is 0 Å². The number of piperazine rings is 1. The smallest absolute Gasteiger partial charge is 0.404 e. The summed E-state index contributed by atoms with van der Waals surface area (Å²) in [5.74, 6) is -0.129. The minimum atomic E-state index is -4.66. The lowest BCUT2D eigenvalue weighted by Gasteiger charge is -2.38. The molecule has 1 aliphatic rings. The largest absolute Gasteiger partial charge is 0.573 e. The third kappa shape index (κ3) is 3.53. The fraction of sp³-hybridized carbons (Fsp3) is 0.538. The maximum Gasteiger partial charge on any atom is 0.573 e. The Bertz CT molecular complexity index is 423. The summed E-state index contributed by atoms with van der Waals surface area (Å²) in [5, 5.41) is 3.25. The number of nitrogens with one attached hydrogen (secondary N) is 1. The molecule has 1 saturated heterocycles. The number of rotatable bonds is 3. The number of hydrogen-bond donors (Lipinski definition) is 1. The first-order valence-corrected chi connectivity index (χ1v) is 6.33. The zero-order valence-electron chi connectivity index (χ0n) is 10.7. The molecule has 0 spiro atoms. The van der Waals surface area contributed by atoms with E-state index in [0.29, 0.717) is 12.2 Å². The van der Waals surface area contributed by atoms with Crippen LogP contribution in [0.5, 0.6) is 5.75 Å². The van der Waals surface area contributed by atoms with Crippen molar-refractivity contribution in [2.75, 3.05) is 24.5 Å². The van der Waals surface area contributed by atoms with Crippen LogP contribution in [0.4, 0.5) is 18.9 Å². The van der Waals surface area contributed by atoms with E-state index in [1.54, 1.807) is 18.2 Å². The Kier molecular flexibility index (Phi) is 4.19. The van der Waals surface area contributed by atoms with Gasteiger partial charge in [-0.15, -0.1) is 13.2 Å². The van der Waals surface area contributed by atoms with Gasteiger partial charge in [-0.3, -0.25) is 0 Å². The number of anilines is 1. The average Bonchev–Trinajstić information content (AvgIpc) is 2.37. The minimum absolute atomic E-state index is 0.129. The van der Waals surface area contributed by atoms with Gasteiger partial charge in [0, 0.05) is 25.7 Å². The van der Waals surface area contributed by atoms with Crippen LogP contribution in [0.15, 0.2) is 24.3 Å². The standard InChI is InChI=1S/C13H17F3N2O/c1-2-10-9-17-7-8-18(10)11-5-3-4-6-12(11)19-13(14,15)16/h3-6,10,17H,2,7-9H2,1H3. The monoisotopic (exact) mass is 274 g/mol. The van der Waals surface area contributed by atoms with Crippen molar-refractivity contribution in [2.45, 2.75) is 25.7 Å². The van der Waals surface area contributed by atoms with E-state index in [4.69, 9.17) is 0 Å². The SMILES string of the molecule is CCC1CNCCN1c1ccccc1OC(F)(F)F. The van der Waals surface area contributed by atoms with Crippen LogP contribution in [0, 0.1) is 0 Å². The molecular weight excluding hydrogens is 257 g/mol. The van der Waals surface area contributed by atoms with Crippen LogP contribution in [0.2, 0.25) is 0 Å². The van der Waals surface area contributed by atoms with Crippen molar-refractivity contribution in [3.63, 3.8) is 0 Å². The number of alkyl halides is 3. The Morgan fingerprint density at radius 1 is 1.37 bits per heavy atom. The van der Waals surface area contributed by atoms with Crippen molar-refractivity contribution in [3.8, 4) is 5.75 Å². The number of hydrogen-bond acceptors (Lipinski definition) is 3.